The van der Waals surface area contributed by atoms with Crippen LogP contribution in [-0.2, 0) is 0 Å². The number of carbonyl (C=O) groups is 1. The normalized spacial score (nSPS) is 23.6. The fourth-order valence-electron chi connectivity index (χ4n) is 2.23. The minimum atomic E-state index is -0.540. The molecule has 0 unspecified atom stereocenters. The van der Waals surface area contributed by atoms with Crippen LogP contribution in [-0.4, -0.2) is 33.4 Å². The highest BCUT2D eigenvalue weighted by Crippen LogP contribution is 2.23. The molecule has 1 aromatic rings. The Morgan fingerprint density at radius 2 is 1.94 bits per heavy atom. The number of aliphatic hydroxyl groups excluding tert-OH is 1. The first-order chi connectivity index (χ1) is 8.58. The minimum absolute atomic E-state index is 0.0211. The predicted octanol–water partition coefficient (Wildman–Crippen LogP) is 1.13. The summed E-state index contributed by atoms with van der Waals surface area (Å²) in [5, 5.41) is 31.3. The van der Waals surface area contributed by atoms with Crippen molar-refractivity contribution in [3.63, 3.8) is 0 Å². The average molecular weight is 251 g/mol. The highest BCUT2D eigenvalue weighted by Gasteiger charge is 2.25. The van der Waals surface area contributed by atoms with Gasteiger partial charge < -0.3 is 20.6 Å². The first-order valence-electron chi connectivity index (χ1n) is 6.09. The topological polar surface area (TPSA) is 89.8 Å². The van der Waals surface area contributed by atoms with E-state index in [9.17, 15) is 20.1 Å². The lowest BCUT2D eigenvalue weighted by atomic mass is 9.92. The minimum Gasteiger partial charge on any atom is -0.508 e. The van der Waals surface area contributed by atoms with Crippen LogP contribution in [0.4, 0.5) is 0 Å². The first-order valence-corrected chi connectivity index (χ1v) is 6.09. The first kappa shape index (κ1) is 12.7. The van der Waals surface area contributed by atoms with Gasteiger partial charge >= 0.3 is 0 Å². The van der Waals surface area contributed by atoms with Crippen LogP contribution < -0.4 is 5.32 Å². The lowest BCUT2D eigenvalue weighted by Gasteiger charge is -2.28. The van der Waals surface area contributed by atoms with Gasteiger partial charge in [-0.2, -0.15) is 0 Å². The van der Waals surface area contributed by atoms with Crippen molar-refractivity contribution in [3.05, 3.63) is 23.8 Å². The molecular formula is C13H17NO4. The molecule has 1 aliphatic rings. The molecule has 0 aromatic heterocycles. The molecule has 5 heteroatoms. The molecule has 1 saturated carbocycles. The summed E-state index contributed by atoms with van der Waals surface area (Å²) in [6.07, 6.45) is 2.80. The number of aliphatic hydroxyl groups is 1. The van der Waals surface area contributed by atoms with E-state index < -0.39 is 12.0 Å². The Kier molecular flexibility index (Phi) is 3.72. The molecule has 2 rings (SSSR count). The molecule has 1 aliphatic carbocycles. The van der Waals surface area contributed by atoms with Crippen molar-refractivity contribution in [1.29, 1.82) is 0 Å². The zero-order valence-electron chi connectivity index (χ0n) is 9.97. The fourth-order valence-corrected chi connectivity index (χ4v) is 2.23. The van der Waals surface area contributed by atoms with Gasteiger partial charge in [0.15, 0.2) is 0 Å². The van der Waals surface area contributed by atoms with E-state index in [0.29, 0.717) is 6.42 Å². The molecule has 5 nitrogen and oxygen atoms in total. The summed E-state index contributed by atoms with van der Waals surface area (Å²) in [7, 11) is 0. The number of phenols is 2. The quantitative estimate of drug-likeness (QED) is 0.593. The Bertz CT molecular complexity index is 447. The number of hydrogen-bond acceptors (Lipinski definition) is 4. The second kappa shape index (κ2) is 5.27. The van der Waals surface area contributed by atoms with Crippen LogP contribution >= 0.6 is 0 Å². The Morgan fingerprint density at radius 3 is 2.67 bits per heavy atom. The Labute approximate surface area is 105 Å². The summed E-state index contributed by atoms with van der Waals surface area (Å²) in [6, 6.07) is 3.50. The van der Waals surface area contributed by atoms with Crippen molar-refractivity contribution >= 4 is 5.91 Å². The Hall–Kier alpha value is -1.75. The number of amides is 1. The van der Waals surface area contributed by atoms with Crippen molar-refractivity contribution in [2.75, 3.05) is 0 Å². The second-order valence-electron chi connectivity index (χ2n) is 4.63. The summed E-state index contributed by atoms with van der Waals surface area (Å²) >= 11 is 0. The summed E-state index contributed by atoms with van der Waals surface area (Å²) in [6.45, 7) is 0. The molecule has 0 saturated heterocycles. The lowest BCUT2D eigenvalue weighted by molar-refractivity contribution is 0.0715. The number of carbonyl (C=O) groups excluding carboxylic acids is 1. The molecule has 18 heavy (non-hydrogen) atoms. The molecule has 98 valence electrons. The van der Waals surface area contributed by atoms with Gasteiger partial charge in [-0.05, 0) is 31.0 Å². The third kappa shape index (κ3) is 2.73. The van der Waals surface area contributed by atoms with E-state index in [0.717, 1.165) is 19.3 Å². The molecule has 0 aliphatic heterocycles. The van der Waals surface area contributed by atoms with Crippen molar-refractivity contribution in [2.45, 2.75) is 37.8 Å². The number of hydrogen-bond donors (Lipinski definition) is 4. The maximum Gasteiger partial charge on any atom is 0.255 e. The molecule has 0 radical (unpaired) electrons. The van der Waals surface area contributed by atoms with Crippen LogP contribution in [0.3, 0.4) is 0 Å². The summed E-state index contributed by atoms with van der Waals surface area (Å²) < 4.78 is 0. The summed E-state index contributed by atoms with van der Waals surface area (Å²) in [5.74, 6) is -0.743. The van der Waals surface area contributed by atoms with E-state index in [1.165, 1.54) is 18.2 Å². The highest BCUT2D eigenvalue weighted by molar-refractivity contribution is 5.97. The molecule has 1 fully saturated rings. The highest BCUT2D eigenvalue weighted by atomic mass is 16.3. The number of phenolic OH excluding ortho intramolecular Hbond substituents is 2. The zero-order valence-corrected chi connectivity index (χ0v) is 9.97. The monoisotopic (exact) mass is 251 g/mol. The van der Waals surface area contributed by atoms with Gasteiger partial charge in [0.1, 0.15) is 11.5 Å². The molecule has 4 N–H and O–H groups in total. The van der Waals surface area contributed by atoms with Crippen molar-refractivity contribution in [2.24, 2.45) is 0 Å². The van der Waals surface area contributed by atoms with Gasteiger partial charge in [-0.3, -0.25) is 4.79 Å². The Morgan fingerprint density at radius 1 is 1.22 bits per heavy atom. The van der Waals surface area contributed by atoms with E-state index in [-0.39, 0.29) is 23.1 Å². The molecule has 0 heterocycles. The second-order valence-corrected chi connectivity index (χ2v) is 4.63. The smallest absolute Gasteiger partial charge is 0.255 e. The largest absolute Gasteiger partial charge is 0.508 e. The third-order valence-corrected chi connectivity index (χ3v) is 3.27. The van der Waals surface area contributed by atoms with Crippen LogP contribution in [0.1, 0.15) is 36.0 Å². The third-order valence-electron chi connectivity index (χ3n) is 3.27. The van der Waals surface area contributed by atoms with E-state index in [2.05, 4.69) is 5.32 Å². The van der Waals surface area contributed by atoms with E-state index in [1.54, 1.807) is 0 Å². The van der Waals surface area contributed by atoms with Gasteiger partial charge in [0, 0.05) is 0 Å². The maximum atomic E-state index is 11.9. The van der Waals surface area contributed by atoms with Crippen LogP contribution in [0.25, 0.3) is 0 Å². The zero-order chi connectivity index (χ0) is 13.1. The van der Waals surface area contributed by atoms with Crippen LogP contribution in [0, 0.1) is 0 Å². The van der Waals surface area contributed by atoms with Gasteiger partial charge in [0.05, 0.1) is 17.7 Å². The van der Waals surface area contributed by atoms with Crippen LogP contribution in [0.5, 0.6) is 11.5 Å². The predicted molar refractivity (Wildman–Crippen MR) is 65.5 cm³/mol. The molecule has 0 spiro atoms. The summed E-state index contributed by atoms with van der Waals surface area (Å²) in [4.78, 5) is 11.9. The maximum absolute atomic E-state index is 11.9. The van der Waals surface area contributed by atoms with Gasteiger partial charge in [-0.15, -0.1) is 0 Å². The number of rotatable bonds is 2. The Balaban J connectivity index is 2.09. The molecule has 1 aromatic carbocycles. The van der Waals surface area contributed by atoms with Crippen LogP contribution in [0.2, 0.25) is 0 Å². The van der Waals surface area contributed by atoms with Gasteiger partial charge in [0.2, 0.25) is 0 Å². The lowest BCUT2D eigenvalue weighted by Crippen LogP contribution is -2.45. The molecular weight excluding hydrogens is 234 g/mol. The standard InChI is InChI=1S/C13H17NO4/c15-8-5-6-11(16)9(7-8)13(18)14-10-3-1-2-4-12(10)17/h5-7,10,12,15-17H,1-4H2,(H,14,18)/t10-,12-/m1/s1. The van der Waals surface area contributed by atoms with Crippen LogP contribution in [0.15, 0.2) is 18.2 Å². The van der Waals surface area contributed by atoms with Gasteiger partial charge in [-0.25, -0.2) is 0 Å². The summed E-state index contributed by atoms with van der Waals surface area (Å²) in [5.41, 5.74) is 0.0211. The van der Waals surface area contributed by atoms with E-state index >= 15 is 0 Å². The van der Waals surface area contributed by atoms with Crippen molar-refractivity contribution in [1.82, 2.24) is 5.32 Å². The van der Waals surface area contributed by atoms with Crippen molar-refractivity contribution in [3.8, 4) is 11.5 Å². The van der Waals surface area contributed by atoms with E-state index in [1.807, 2.05) is 0 Å². The number of aromatic hydroxyl groups is 2. The molecule has 0 bridgehead atoms. The SMILES string of the molecule is O=C(N[C@@H]1CCCC[C@H]1O)c1cc(O)ccc1O. The molecule has 2 atom stereocenters. The number of nitrogens with one attached hydrogen (secondary N) is 1. The fraction of sp³-hybridized carbons (Fsp3) is 0.462. The van der Waals surface area contributed by atoms with Crippen molar-refractivity contribution < 1.29 is 20.1 Å². The number of benzene rings is 1. The molecule has 1 amide bonds. The van der Waals surface area contributed by atoms with Gasteiger partial charge in [-0.1, -0.05) is 12.8 Å². The van der Waals surface area contributed by atoms with Gasteiger partial charge in [0.25, 0.3) is 5.91 Å². The average Bonchev–Trinajstić information content (AvgIpc) is 2.35. The van der Waals surface area contributed by atoms with E-state index in [4.69, 9.17) is 0 Å².